The first-order valence-electron chi connectivity index (χ1n) is 6.38. The molecule has 0 aliphatic carbocycles. The third kappa shape index (κ3) is 5.80. The van der Waals surface area contributed by atoms with Gasteiger partial charge in [0.05, 0.1) is 13.1 Å². The molecule has 110 valence electrons. The van der Waals surface area contributed by atoms with Crippen LogP contribution in [0.25, 0.3) is 0 Å². The van der Waals surface area contributed by atoms with E-state index in [-0.39, 0.29) is 24.0 Å². The molecule has 6 heteroatoms. The highest BCUT2D eigenvalue weighted by Gasteiger charge is 2.00. The molecule has 0 saturated carbocycles. The monoisotopic (exact) mass is 421 g/mol. The summed E-state index contributed by atoms with van der Waals surface area (Å²) in [5, 5.41) is 8.72. The summed E-state index contributed by atoms with van der Waals surface area (Å²) >= 11 is 3.56. The molecule has 2 heterocycles. The van der Waals surface area contributed by atoms with Crippen molar-refractivity contribution in [3.05, 3.63) is 44.3 Å². The van der Waals surface area contributed by atoms with Crippen LogP contribution in [-0.4, -0.2) is 12.5 Å². The van der Waals surface area contributed by atoms with Crippen molar-refractivity contribution in [1.82, 2.24) is 10.6 Å². The van der Waals surface area contributed by atoms with Gasteiger partial charge in [0.2, 0.25) is 0 Å². The van der Waals surface area contributed by atoms with Crippen LogP contribution in [0.2, 0.25) is 0 Å². The molecular weight excluding hydrogens is 401 g/mol. The molecular formula is C14H20IN3S2. The standard InChI is InChI=1S/C14H19N3S2.HI/c1-3-15-14(16-9-12-5-4-8-18-12)17-10-13-7-6-11(2)19-13;/h4-8H,3,9-10H2,1-2H3,(H2,15,16,17);1H. The predicted molar refractivity (Wildman–Crippen MR) is 100 cm³/mol. The van der Waals surface area contributed by atoms with E-state index in [0.29, 0.717) is 0 Å². The topological polar surface area (TPSA) is 36.4 Å². The molecule has 0 unspecified atom stereocenters. The van der Waals surface area contributed by atoms with E-state index in [1.165, 1.54) is 14.6 Å². The molecule has 0 radical (unpaired) electrons. The van der Waals surface area contributed by atoms with Gasteiger partial charge in [0.25, 0.3) is 0 Å². The molecule has 2 aromatic rings. The van der Waals surface area contributed by atoms with Gasteiger partial charge >= 0.3 is 0 Å². The van der Waals surface area contributed by atoms with Crippen molar-refractivity contribution >= 4 is 52.6 Å². The molecule has 0 aromatic carbocycles. The second kappa shape index (κ2) is 9.36. The first-order valence-corrected chi connectivity index (χ1v) is 8.07. The number of thiophene rings is 2. The van der Waals surface area contributed by atoms with E-state index in [1.807, 2.05) is 0 Å². The van der Waals surface area contributed by atoms with Crippen molar-refractivity contribution in [3.63, 3.8) is 0 Å². The lowest BCUT2D eigenvalue weighted by Crippen LogP contribution is -2.36. The number of halogens is 1. The van der Waals surface area contributed by atoms with Gasteiger partial charge < -0.3 is 10.6 Å². The number of guanidine groups is 1. The van der Waals surface area contributed by atoms with Crippen LogP contribution in [0.1, 0.15) is 21.6 Å². The zero-order valence-electron chi connectivity index (χ0n) is 11.7. The van der Waals surface area contributed by atoms with E-state index < -0.39 is 0 Å². The fraction of sp³-hybridized carbons (Fsp3) is 0.357. The number of hydrogen-bond donors (Lipinski definition) is 2. The van der Waals surface area contributed by atoms with Crippen LogP contribution in [0.5, 0.6) is 0 Å². The summed E-state index contributed by atoms with van der Waals surface area (Å²) in [6, 6.07) is 8.48. The number of nitrogens with zero attached hydrogens (tertiary/aromatic N) is 1. The van der Waals surface area contributed by atoms with Crippen LogP contribution in [-0.2, 0) is 13.1 Å². The van der Waals surface area contributed by atoms with Crippen LogP contribution >= 0.6 is 46.7 Å². The molecule has 0 atom stereocenters. The van der Waals surface area contributed by atoms with Crippen molar-refractivity contribution in [1.29, 1.82) is 0 Å². The Hall–Kier alpha value is -0.600. The van der Waals surface area contributed by atoms with E-state index >= 15 is 0 Å². The van der Waals surface area contributed by atoms with E-state index in [9.17, 15) is 0 Å². The first kappa shape index (κ1) is 17.5. The predicted octanol–water partition coefficient (Wildman–Crippen LogP) is 3.99. The summed E-state index contributed by atoms with van der Waals surface area (Å²) in [4.78, 5) is 8.56. The molecule has 0 spiro atoms. The SMILES string of the molecule is CCNC(=NCc1ccc(C)s1)NCc1cccs1.I. The lowest BCUT2D eigenvalue weighted by atomic mass is 10.4. The fourth-order valence-electron chi connectivity index (χ4n) is 1.65. The number of rotatable bonds is 5. The molecule has 20 heavy (non-hydrogen) atoms. The Morgan fingerprint density at radius 3 is 2.65 bits per heavy atom. The van der Waals surface area contributed by atoms with Gasteiger partial charge in [-0.25, -0.2) is 4.99 Å². The first-order chi connectivity index (χ1) is 9.28. The number of aliphatic imine (C=N–C) groups is 1. The Morgan fingerprint density at radius 1 is 1.20 bits per heavy atom. The van der Waals surface area contributed by atoms with Crippen LogP contribution in [0.4, 0.5) is 0 Å². The summed E-state index contributed by atoms with van der Waals surface area (Å²) in [6.07, 6.45) is 0. The summed E-state index contributed by atoms with van der Waals surface area (Å²) in [5.41, 5.74) is 0. The van der Waals surface area contributed by atoms with Crippen LogP contribution < -0.4 is 10.6 Å². The zero-order chi connectivity index (χ0) is 13.5. The smallest absolute Gasteiger partial charge is 0.191 e. The van der Waals surface area contributed by atoms with Crippen molar-refractivity contribution in [3.8, 4) is 0 Å². The van der Waals surface area contributed by atoms with Crippen molar-refractivity contribution < 1.29 is 0 Å². The molecule has 0 aliphatic heterocycles. The zero-order valence-corrected chi connectivity index (χ0v) is 15.6. The maximum absolute atomic E-state index is 4.61. The summed E-state index contributed by atoms with van der Waals surface area (Å²) in [7, 11) is 0. The molecule has 3 nitrogen and oxygen atoms in total. The van der Waals surface area contributed by atoms with Gasteiger partial charge in [-0.15, -0.1) is 46.7 Å². The minimum Gasteiger partial charge on any atom is -0.357 e. The van der Waals surface area contributed by atoms with Gasteiger partial charge in [0, 0.05) is 21.2 Å². The third-order valence-electron chi connectivity index (χ3n) is 2.54. The maximum atomic E-state index is 4.61. The van der Waals surface area contributed by atoms with E-state index in [0.717, 1.165) is 25.6 Å². The summed E-state index contributed by atoms with van der Waals surface area (Å²) in [5.74, 6) is 0.877. The third-order valence-corrected chi connectivity index (χ3v) is 4.41. The largest absolute Gasteiger partial charge is 0.357 e. The summed E-state index contributed by atoms with van der Waals surface area (Å²) < 4.78 is 0. The Morgan fingerprint density at radius 2 is 2.05 bits per heavy atom. The second-order valence-corrected chi connectivity index (χ2v) is 6.55. The van der Waals surface area contributed by atoms with Crippen LogP contribution in [0.3, 0.4) is 0 Å². The lowest BCUT2D eigenvalue weighted by molar-refractivity contribution is 0.825. The average molecular weight is 421 g/mol. The van der Waals surface area contributed by atoms with Crippen molar-refractivity contribution in [2.75, 3.05) is 6.54 Å². The highest BCUT2D eigenvalue weighted by atomic mass is 127. The number of nitrogens with one attached hydrogen (secondary N) is 2. The molecule has 2 aromatic heterocycles. The molecule has 2 N–H and O–H groups in total. The lowest BCUT2D eigenvalue weighted by Gasteiger charge is -2.10. The molecule has 2 rings (SSSR count). The van der Waals surface area contributed by atoms with E-state index in [1.54, 1.807) is 22.7 Å². The van der Waals surface area contributed by atoms with Crippen LogP contribution in [0, 0.1) is 6.92 Å². The van der Waals surface area contributed by atoms with Gasteiger partial charge in [0.1, 0.15) is 0 Å². The van der Waals surface area contributed by atoms with E-state index in [2.05, 4.69) is 59.1 Å². The van der Waals surface area contributed by atoms with Gasteiger partial charge in [0.15, 0.2) is 5.96 Å². The Kier molecular flexibility index (Phi) is 8.16. The Labute approximate surface area is 145 Å². The van der Waals surface area contributed by atoms with Gasteiger partial charge in [-0.05, 0) is 37.4 Å². The maximum Gasteiger partial charge on any atom is 0.191 e. The molecule has 0 saturated heterocycles. The van der Waals surface area contributed by atoms with Crippen LogP contribution in [0.15, 0.2) is 34.6 Å². The minimum absolute atomic E-state index is 0. The number of hydrogen-bond acceptors (Lipinski definition) is 3. The molecule has 0 fully saturated rings. The van der Waals surface area contributed by atoms with Crippen molar-refractivity contribution in [2.24, 2.45) is 4.99 Å². The quantitative estimate of drug-likeness (QED) is 0.435. The van der Waals surface area contributed by atoms with E-state index in [4.69, 9.17) is 0 Å². The van der Waals surface area contributed by atoms with Crippen molar-refractivity contribution in [2.45, 2.75) is 26.9 Å². The molecule has 0 bridgehead atoms. The average Bonchev–Trinajstić information content (AvgIpc) is 3.04. The van der Waals surface area contributed by atoms with Gasteiger partial charge in [-0.3, -0.25) is 0 Å². The molecule has 0 aliphatic rings. The Balaban J connectivity index is 0.00000200. The summed E-state index contributed by atoms with van der Waals surface area (Å²) in [6.45, 7) is 6.64. The van der Waals surface area contributed by atoms with Gasteiger partial charge in [-0.2, -0.15) is 0 Å². The normalized spacial score (nSPS) is 11.0. The fourth-order valence-corrected chi connectivity index (χ4v) is 3.11. The minimum atomic E-state index is 0. The van der Waals surface area contributed by atoms with Gasteiger partial charge in [-0.1, -0.05) is 6.07 Å². The highest BCUT2D eigenvalue weighted by molar-refractivity contribution is 14.0. The Bertz CT molecular complexity index is 520. The number of aryl methyl sites for hydroxylation is 1. The molecule has 0 amide bonds. The highest BCUT2D eigenvalue weighted by Crippen LogP contribution is 2.15. The second-order valence-electron chi connectivity index (χ2n) is 4.14.